The first kappa shape index (κ1) is 20.1. The zero-order valence-corrected chi connectivity index (χ0v) is 16.4. The summed E-state index contributed by atoms with van der Waals surface area (Å²) < 4.78 is 5.88. The predicted octanol–water partition coefficient (Wildman–Crippen LogP) is 2.23. The van der Waals surface area contributed by atoms with Gasteiger partial charge in [0.25, 0.3) is 5.91 Å². The number of nitrogens with two attached hydrogens (primary N) is 1. The van der Waals surface area contributed by atoms with Gasteiger partial charge in [-0.2, -0.15) is 0 Å². The van der Waals surface area contributed by atoms with Crippen LogP contribution in [0.5, 0.6) is 5.88 Å². The molecule has 0 radical (unpaired) electrons. The molecule has 2 fully saturated rings. The number of primary amides is 1. The van der Waals surface area contributed by atoms with Crippen LogP contribution in [0.15, 0.2) is 18.3 Å². The third-order valence-corrected chi connectivity index (χ3v) is 5.85. The molecule has 1 saturated carbocycles. The van der Waals surface area contributed by atoms with Gasteiger partial charge in [0.15, 0.2) is 0 Å². The van der Waals surface area contributed by atoms with E-state index in [1.54, 1.807) is 18.3 Å². The third kappa shape index (κ3) is 4.26. The Labute approximate surface area is 164 Å². The van der Waals surface area contributed by atoms with Crippen LogP contribution in [0.1, 0.15) is 62.7 Å². The van der Waals surface area contributed by atoms with Crippen LogP contribution in [0.4, 0.5) is 4.79 Å². The van der Waals surface area contributed by atoms with Crippen molar-refractivity contribution in [2.24, 2.45) is 11.7 Å². The van der Waals surface area contributed by atoms with Crippen molar-refractivity contribution >= 4 is 17.8 Å². The molecular formula is C20H28N4O4. The van der Waals surface area contributed by atoms with E-state index in [9.17, 15) is 14.4 Å². The Balaban J connectivity index is 1.58. The van der Waals surface area contributed by atoms with Crippen LogP contribution in [0.25, 0.3) is 0 Å². The number of nitrogens with zero attached hydrogens (tertiary/aromatic N) is 2. The van der Waals surface area contributed by atoms with E-state index in [0.717, 1.165) is 6.42 Å². The summed E-state index contributed by atoms with van der Waals surface area (Å²) in [4.78, 5) is 42.1. The molecule has 0 bridgehead atoms. The molecule has 0 unspecified atom stereocenters. The van der Waals surface area contributed by atoms with Crippen LogP contribution in [-0.4, -0.2) is 45.9 Å². The van der Waals surface area contributed by atoms with E-state index in [-0.39, 0.29) is 47.5 Å². The number of pyridine rings is 1. The molecule has 8 nitrogen and oxygen atoms in total. The van der Waals surface area contributed by atoms with Gasteiger partial charge in [-0.25, -0.2) is 9.78 Å². The summed E-state index contributed by atoms with van der Waals surface area (Å²) in [5, 5.41) is 2.99. The highest BCUT2D eigenvalue weighted by Gasteiger charge is 2.39. The summed E-state index contributed by atoms with van der Waals surface area (Å²) >= 11 is 0. The maximum Gasteiger partial charge on any atom is 0.324 e. The lowest BCUT2D eigenvalue weighted by molar-refractivity contribution is -0.133. The van der Waals surface area contributed by atoms with Gasteiger partial charge in [0.05, 0.1) is 0 Å². The first-order valence-corrected chi connectivity index (χ1v) is 9.94. The van der Waals surface area contributed by atoms with Gasteiger partial charge in [0.2, 0.25) is 11.8 Å². The van der Waals surface area contributed by atoms with E-state index < -0.39 is 5.91 Å². The fraction of sp³-hybridized carbons (Fsp3) is 0.600. The molecule has 0 aromatic carbocycles. The van der Waals surface area contributed by atoms with E-state index in [4.69, 9.17) is 10.5 Å². The average molecular weight is 388 g/mol. The number of hydrogen-bond acceptors (Lipinski definition) is 5. The highest BCUT2D eigenvalue weighted by atomic mass is 16.5. The quantitative estimate of drug-likeness (QED) is 0.775. The van der Waals surface area contributed by atoms with Crippen molar-refractivity contribution < 1.29 is 19.1 Å². The molecule has 1 aliphatic carbocycles. The first-order chi connectivity index (χ1) is 13.4. The summed E-state index contributed by atoms with van der Waals surface area (Å²) in [6, 6.07) is 2.73. The number of rotatable bonds is 6. The number of imide groups is 1. The van der Waals surface area contributed by atoms with Crippen molar-refractivity contribution in [1.29, 1.82) is 0 Å². The Bertz CT molecular complexity index is 727. The maximum absolute atomic E-state index is 12.6. The zero-order valence-electron chi connectivity index (χ0n) is 16.4. The van der Waals surface area contributed by atoms with E-state index in [2.05, 4.69) is 17.2 Å². The second-order valence-electron chi connectivity index (χ2n) is 7.68. The summed E-state index contributed by atoms with van der Waals surface area (Å²) in [7, 11) is 0. The van der Waals surface area contributed by atoms with E-state index >= 15 is 0 Å². The molecule has 0 spiro atoms. The molecule has 28 heavy (non-hydrogen) atoms. The SMILES string of the molecule is CC[C@H](C)[C@H]1CC(=O)N([C@H]2CC[C@H](Oc3ncccc3C(N)=O)CC2)C(=O)N1. The van der Waals surface area contributed by atoms with Gasteiger partial charge in [-0.3, -0.25) is 14.5 Å². The molecule has 152 valence electrons. The average Bonchev–Trinajstić information content (AvgIpc) is 2.68. The molecule has 1 saturated heterocycles. The van der Waals surface area contributed by atoms with E-state index in [1.165, 1.54) is 4.90 Å². The van der Waals surface area contributed by atoms with Gasteiger partial charge in [0.1, 0.15) is 11.7 Å². The summed E-state index contributed by atoms with van der Waals surface area (Å²) in [6.07, 6.45) is 5.37. The lowest BCUT2D eigenvalue weighted by Gasteiger charge is -2.40. The molecule has 2 aliphatic rings. The molecular weight excluding hydrogens is 360 g/mol. The van der Waals surface area contributed by atoms with Crippen LogP contribution in [0.3, 0.4) is 0 Å². The van der Waals surface area contributed by atoms with Crippen LogP contribution in [0.2, 0.25) is 0 Å². The summed E-state index contributed by atoms with van der Waals surface area (Å²) in [5.41, 5.74) is 5.62. The Morgan fingerprint density at radius 3 is 2.68 bits per heavy atom. The van der Waals surface area contributed by atoms with Crippen LogP contribution >= 0.6 is 0 Å². The number of ether oxygens (including phenoxy) is 1. The number of carbonyl (C=O) groups excluding carboxylic acids is 3. The van der Waals surface area contributed by atoms with Crippen molar-refractivity contribution in [3.8, 4) is 5.88 Å². The molecule has 1 aromatic rings. The lowest BCUT2D eigenvalue weighted by atomic mass is 9.89. The minimum absolute atomic E-state index is 0.0858. The van der Waals surface area contributed by atoms with Crippen molar-refractivity contribution in [3.05, 3.63) is 23.9 Å². The third-order valence-electron chi connectivity index (χ3n) is 5.85. The Hall–Kier alpha value is -2.64. The molecule has 8 heteroatoms. The minimum atomic E-state index is -0.580. The normalized spacial score (nSPS) is 26.5. The predicted molar refractivity (Wildman–Crippen MR) is 103 cm³/mol. The smallest absolute Gasteiger partial charge is 0.324 e. The molecule has 3 rings (SSSR count). The van der Waals surface area contributed by atoms with Gasteiger partial charge in [-0.15, -0.1) is 0 Å². The standard InChI is InChI=1S/C20H28N4O4/c1-3-12(2)16-11-17(25)24(20(27)23-16)13-6-8-14(9-7-13)28-19-15(18(21)26)5-4-10-22-19/h4-5,10,12-14,16H,3,6-9,11H2,1-2H3,(H2,21,26)(H,23,27)/t12-,13-,14-,16+/m0/s1. The van der Waals surface area contributed by atoms with E-state index in [0.29, 0.717) is 32.1 Å². The highest BCUT2D eigenvalue weighted by Crippen LogP contribution is 2.29. The van der Waals surface area contributed by atoms with Gasteiger partial charge < -0.3 is 15.8 Å². The van der Waals surface area contributed by atoms with Crippen LogP contribution < -0.4 is 15.8 Å². The van der Waals surface area contributed by atoms with Crippen molar-refractivity contribution in [2.75, 3.05) is 0 Å². The minimum Gasteiger partial charge on any atom is -0.474 e. The van der Waals surface area contributed by atoms with Crippen LogP contribution in [0, 0.1) is 5.92 Å². The molecule has 3 N–H and O–H groups in total. The molecule has 2 atom stereocenters. The fourth-order valence-electron chi connectivity index (χ4n) is 3.93. The Morgan fingerprint density at radius 1 is 1.36 bits per heavy atom. The number of aromatic nitrogens is 1. The van der Waals surface area contributed by atoms with Crippen molar-refractivity contribution in [1.82, 2.24) is 15.2 Å². The molecule has 4 amide bonds. The van der Waals surface area contributed by atoms with Crippen molar-refractivity contribution in [2.45, 2.75) is 70.6 Å². The number of nitrogens with one attached hydrogen (secondary N) is 1. The molecule has 1 aliphatic heterocycles. The topological polar surface area (TPSA) is 115 Å². The largest absolute Gasteiger partial charge is 0.474 e. The number of carbonyl (C=O) groups is 3. The molecule has 1 aromatic heterocycles. The maximum atomic E-state index is 12.6. The van der Waals surface area contributed by atoms with Gasteiger partial charge >= 0.3 is 6.03 Å². The second kappa shape index (κ2) is 8.58. The highest BCUT2D eigenvalue weighted by molar-refractivity contribution is 5.97. The first-order valence-electron chi connectivity index (χ1n) is 9.94. The van der Waals surface area contributed by atoms with E-state index in [1.807, 2.05) is 6.92 Å². The monoisotopic (exact) mass is 388 g/mol. The second-order valence-corrected chi connectivity index (χ2v) is 7.68. The Morgan fingerprint density at radius 2 is 2.07 bits per heavy atom. The van der Waals surface area contributed by atoms with Gasteiger partial charge in [-0.1, -0.05) is 20.3 Å². The Kier molecular flexibility index (Phi) is 6.16. The van der Waals surface area contributed by atoms with Gasteiger partial charge in [-0.05, 0) is 43.7 Å². The fourth-order valence-corrected chi connectivity index (χ4v) is 3.93. The number of amides is 4. The summed E-state index contributed by atoms with van der Waals surface area (Å²) in [5.74, 6) is -0.166. The number of hydrogen-bond donors (Lipinski definition) is 2. The molecule has 2 heterocycles. The zero-order chi connectivity index (χ0) is 20.3. The van der Waals surface area contributed by atoms with Crippen LogP contribution in [-0.2, 0) is 4.79 Å². The van der Waals surface area contributed by atoms with Gasteiger partial charge in [0, 0.05) is 24.7 Å². The number of urea groups is 1. The summed E-state index contributed by atoms with van der Waals surface area (Å²) in [6.45, 7) is 4.11. The van der Waals surface area contributed by atoms with Crippen molar-refractivity contribution in [3.63, 3.8) is 0 Å². The lowest BCUT2D eigenvalue weighted by Crippen LogP contribution is -2.60.